The minimum absolute atomic E-state index is 0.0805. The summed E-state index contributed by atoms with van der Waals surface area (Å²) in [5.74, 6) is 0.373. The average molecular weight is 399 g/mol. The molecule has 0 spiro atoms. The largest absolute Gasteiger partial charge is 0.496 e. The zero-order valence-corrected chi connectivity index (χ0v) is 15.1. The van der Waals surface area contributed by atoms with Crippen LogP contribution >= 0.6 is 27.5 Å². The first-order valence-electron chi connectivity index (χ1n) is 6.93. The van der Waals surface area contributed by atoms with E-state index in [9.17, 15) is 9.90 Å². The Morgan fingerprint density at radius 1 is 1.30 bits per heavy atom. The van der Waals surface area contributed by atoms with E-state index in [1.165, 1.54) is 0 Å². The third-order valence-corrected chi connectivity index (χ3v) is 4.34. The molecule has 0 aliphatic carbocycles. The molecule has 6 heteroatoms. The number of amides is 1. The molecule has 2 N–H and O–H groups in total. The van der Waals surface area contributed by atoms with Gasteiger partial charge in [0.1, 0.15) is 11.4 Å². The van der Waals surface area contributed by atoms with Gasteiger partial charge in [-0.15, -0.1) is 0 Å². The first-order chi connectivity index (χ1) is 10.8. The fraction of sp³-hybridized carbons (Fsp3) is 0.235. The highest BCUT2D eigenvalue weighted by molar-refractivity contribution is 9.10. The fourth-order valence-corrected chi connectivity index (χ4v) is 2.74. The van der Waals surface area contributed by atoms with Crippen molar-refractivity contribution in [2.45, 2.75) is 12.5 Å². The highest BCUT2D eigenvalue weighted by atomic mass is 79.9. The molecule has 0 bridgehead atoms. The number of benzene rings is 2. The van der Waals surface area contributed by atoms with Crippen molar-refractivity contribution in [2.24, 2.45) is 0 Å². The van der Waals surface area contributed by atoms with E-state index < -0.39 is 5.60 Å². The molecule has 2 rings (SSSR count). The maximum absolute atomic E-state index is 12.2. The monoisotopic (exact) mass is 397 g/mol. The normalized spacial score (nSPS) is 13.3. The lowest BCUT2D eigenvalue weighted by Crippen LogP contribution is -2.38. The predicted molar refractivity (Wildman–Crippen MR) is 94.1 cm³/mol. The van der Waals surface area contributed by atoms with Gasteiger partial charge in [-0.25, -0.2) is 0 Å². The molecule has 0 fully saturated rings. The minimum Gasteiger partial charge on any atom is -0.496 e. The van der Waals surface area contributed by atoms with Crippen LogP contribution in [0.1, 0.15) is 22.8 Å². The van der Waals surface area contributed by atoms with Crippen molar-refractivity contribution < 1.29 is 14.6 Å². The third kappa shape index (κ3) is 4.47. The molecule has 0 aliphatic heterocycles. The molecule has 1 atom stereocenters. The number of aliphatic hydroxyl groups is 1. The van der Waals surface area contributed by atoms with Gasteiger partial charge in [0, 0.05) is 10.6 Å². The van der Waals surface area contributed by atoms with Crippen LogP contribution in [0.2, 0.25) is 5.02 Å². The summed E-state index contributed by atoms with van der Waals surface area (Å²) in [5.41, 5.74) is -0.0353. The molecule has 0 saturated heterocycles. The van der Waals surface area contributed by atoms with Crippen molar-refractivity contribution in [1.29, 1.82) is 0 Å². The van der Waals surface area contributed by atoms with Crippen LogP contribution in [-0.4, -0.2) is 24.7 Å². The maximum Gasteiger partial charge on any atom is 0.251 e. The Morgan fingerprint density at radius 3 is 2.52 bits per heavy atom. The summed E-state index contributed by atoms with van der Waals surface area (Å²) in [5, 5.41) is 13.8. The van der Waals surface area contributed by atoms with Gasteiger partial charge < -0.3 is 15.2 Å². The summed E-state index contributed by atoms with van der Waals surface area (Å²) in [7, 11) is 1.56. The van der Waals surface area contributed by atoms with Crippen LogP contribution in [0, 0.1) is 0 Å². The standard InChI is InChI=1S/C17H17BrClNO3/c1-17(22,12-4-6-13(19)7-5-12)10-20-16(21)11-3-8-15(23-2)14(18)9-11/h3-9,22H,10H2,1-2H3,(H,20,21). The van der Waals surface area contributed by atoms with E-state index in [2.05, 4.69) is 21.2 Å². The number of ether oxygens (including phenoxy) is 1. The van der Waals surface area contributed by atoms with E-state index in [1.54, 1.807) is 56.5 Å². The SMILES string of the molecule is COc1ccc(C(=O)NCC(C)(O)c2ccc(Cl)cc2)cc1Br. The van der Waals surface area contributed by atoms with E-state index in [4.69, 9.17) is 16.3 Å². The first-order valence-corrected chi connectivity index (χ1v) is 8.11. The molecule has 1 amide bonds. The molecular formula is C17H17BrClNO3. The second kappa shape index (κ2) is 7.34. The van der Waals surface area contributed by atoms with Crippen LogP contribution in [-0.2, 0) is 5.60 Å². The van der Waals surface area contributed by atoms with Crippen LogP contribution in [0.5, 0.6) is 5.75 Å². The molecule has 0 saturated carbocycles. The van der Waals surface area contributed by atoms with Crippen molar-refractivity contribution >= 4 is 33.4 Å². The van der Waals surface area contributed by atoms with Crippen LogP contribution in [0.4, 0.5) is 0 Å². The molecule has 0 heterocycles. The number of halogens is 2. The number of carbonyl (C=O) groups is 1. The topological polar surface area (TPSA) is 58.6 Å². The Balaban J connectivity index is 2.05. The molecular weight excluding hydrogens is 382 g/mol. The third-order valence-electron chi connectivity index (χ3n) is 3.47. The highest BCUT2D eigenvalue weighted by Crippen LogP contribution is 2.26. The van der Waals surface area contributed by atoms with Crippen molar-refractivity contribution in [3.8, 4) is 5.75 Å². The molecule has 2 aromatic rings. The fourth-order valence-electron chi connectivity index (χ4n) is 2.07. The van der Waals surface area contributed by atoms with E-state index in [-0.39, 0.29) is 12.5 Å². The number of hydrogen-bond donors (Lipinski definition) is 2. The molecule has 23 heavy (non-hydrogen) atoms. The zero-order valence-electron chi connectivity index (χ0n) is 12.8. The number of rotatable bonds is 5. The van der Waals surface area contributed by atoms with Crippen LogP contribution in [0.25, 0.3) is 0 Å². The van der Waals surface area contributed by atoms with Crippen LogP contribution in [0.15, 0.2) is 46.9 Å². The number of methoxy groups -OCH3 is 1. The van der Waals surface area contributed by atoms with E-state index in [0.717, 1.165) is 0 Å². The summed E-state index contributed by atoms with van der Waals surface area (Å²) >= 11 is 9.19. The number of carbonyl (C=O) groups excluding carboxylic acids is 1. The van der Waals surface area contributed by atoms with Crippen LogP contribution in [0.3, 0.4) is 0 Å². The second-order valence-corrected chi connectivity index (χ2v) is 6.60. The van der Waals surface area contributed by atoms with Crippen molar-refractivity contribution in [3.63, 3.8) is 0 Å². The Kier molecular flexibility index (Phi) is 5.68. The molecule has 0 aromatic heterocycles. The number of hydrogen-bond acceptors (Lipinski definition) is 3. The zero-order chi connectivity index (χ0) is 17.0. The molecule has 4 nitrogen and oxygen atoms in total. The predicted octanol–water partition coefficient (Wildman–Crippen LogP) is 3.75. The highest BCUT2D eigenvalue weighted by Gasteiger charge is 2.24. The summed E-state index contributed by atoms with van der Waals surface area (Å²) in [6.45, 7) is 1.72. The summed E-state index contributed by atoms with van der Waals surface area (Å²) < 4.78 is 5.82. The van der Waals surface area contributed by atoms with E-state index in [1.807, 2.05) is 0 Å². The Morgan fingerprint density at radius 2 is 1.96 bits per heavy atom. The van der Waals surface area contributed by atoms with E-state index in [0.29, 0.717) is 26.4 Å². The molecule has 0 radical (unpaired) electrons. The van der Waals surface area contributed by atoms with E-state index >= 15 is 0 Å². The lowest BCUT2D eigenvalue weighted by atomic mass is 9.96. The summed E-state index contributed by atoms with van der Waals surface area (Å²) in [6.07, 6.45) is 0. The van der Waals surface area contributed by atoms with Crippen molar-refractivity contribution in [2.75, 3.05) is 13.7 Å². The van der Waals surface area contributed by atoms with Gasteiger partial charge in [-0.05, 0) is 58.7 Å². The average Bonchev–Trinajstić information content (AvgIpc) is 2.53. The quantitative estimate of drug-likeness (QED) is 0.806. The van der Waals surface area contributed by atoms with Crippen LogP contribution < -0.4 is 10.1 Å². The smallest absolute Gasteiger partial charge is 0.251 e. The Hall–Kier alpha value is -1.56. The minimum atomic E-state index is -1.19. The first kappa shape index (κ1) is 17.8. The maximum atomic E-state index is 12.2. The molecule has 122 valence electrons. The lowest BCUT2D eigenvalue weighted by Gasteiger charge is -2.24. The van der Waals surface area contributed by atoms with Gasteiger partial charge in [0.25, 0.3) is 5.91 Å². The Labute approximate surface area is 148 Å². The van der Waals surface area contributed by atoms with Gasteiger partial charge in [-0.1, -0.05) is 23.7 Å². The Bertz CT molecular complexity index is 701. The van der Waals surface area contributed by atoms with Gasteiger partial charge in [0.05, 0.1) is 18.1 Å². The van der Waals surface area contributed by atoms with Gasteiger partial charge in [-0.2, -0.15) is 0 Å². The molecule has 2 aromatic carbocycles. The summed E-state index contributed by atoms with van der Waals surface area (Å²) in [6, 6.07) is 11.9. The van der Waals surface area contributed by atoms with Gasteiger partial charge in [0.2, 0.25) is 0 Å². The van der Waals surface area contributed by atoms with Gasteiger partial charge in [0.15, 0.2) is 0 Å². The lowest BCUT2D eigenvalue weighted by molar-refractivity contribution is 0.0526. The van der Waals surface area contributed by atoms with Gasteiger partial charge in [-0.3, -0.25) is 4.79 Å². The van der Waals surface area contributed by atoms with Crippen molar-refractivity contribution in [3.05, 3.63) is 63.1 Å². The van der Waals surface area contributed by atoms with Crippen molar-refractivity contribution in [1.82, 2.24) is 5.32 Å². The molecule has 1 unspecified atom stereocenters. The summed E-state index contributed by atoms with van der Waals surface area (Å²) in [4.78, 5) is 12.2. The second-order valence-electron chi connectivity index (χ2n) is 5.31. The van der Waals surface area contributed by atoms with Gasteiger partial charge >= 0.3 is 0 Å². The number of nitrogens with one attached hydrogen (secondary N) is 1. The molecule has 0 aliphatic rings.